The van der Waals surface area contributed by atoms with Crippen LogP contribution in [-0.2, 0) is 4.79 Å². The van der Waals surface area contributed by atoms with E-state index in [9.17, 15) is 9.90 Å². The Morgan fingerprint density at radius 2 is 1.77 bits per heavy atom. The fraction of sp³-hybridized carbons (Fsp3) is 0.167. The third-order valence-corrected chi connectivity index (χ3v) is 4.08. The van der Waals surface area contributed by atoms with Crippen LogP contribution < -0.4 is 5.84 Å². The van der Waals surface area contributed by atoms with Crippen LogP contribution in [0.5, 0.6) is 5.75 Å². The number of para-hydroxylation sites is 1. The number of benzene rings is 2. The van der Waals surface area contributed by atoms with Gasteiger partial charge < -0.3 is 5.11 Å². The molecule has 2 aromatic carbocycles. The SMILES string of the molecule is C=C(c1ccccc1O)N(N)C(=O)C1CC1c1ccccc1. The number of aromatic hydroxyl groups is 1. The molecular formula is C18H18N2O2. The van der Waals surface area contributed by atoms with E-state index in [1.807, 2.05) is 30.3 Å². The first-order chi connectivity index (χ1) is 10.6. The summed E-state index contributed by atoms with van der Waals surface area (Å²) in [5, 5.41) is 10.9. The minimum atomic E-state index is -0.165. The molecule has 112 valence electrons. The average molecular weight is 294 g/mol. The van der Waals surface area contributed by atoms with E-state index in [-0.39, 0.29) is 23.5 Å². The van der Waals surface area contributed by atoms with Crippen LogP contribution in [0.2, 0.25) is 0 Å². The third kappa shape index (κ3) is 2.61. The topological polar surface area (TPSA) is 66.6 Å². The molecule has 4 nitrogen and oxygen atoms in total. The standard InChI is InChI=1S/C18H18N2O2/c1-12(14-9-5-6-10-17(14)21)20(19)18(22)16-11-15(16)13-7-3-2-4-8-13/h2-10,15-16,21H,1,11,19H2. The van der Waals surface area contributed by atoms with Crippen molar-refractivity contribution in [3.05, 3.63) is 72.3 Å². The second-order valence-corrected chi connectivity index (χ2v) is 5.53. The summed E-state index contributed by atoms with van der Waals surface area (Å²) >= 11 is 0. The zero-order valence-electron chi connectivity index (χ0n) is 12.1. The summed E-state index contributed by atoms with van der Waals surface area (Å²) in [5.41, 5.74) is 1.93. The first-order valence-corrected chi connectivity index (χ1v) is 7.20. The fourth-order valence-electron chi connectivity index (χ4n) is 2.70. The molecule has 4 heteroatoms. The monoisotopic (exact) mass is 294 g/mol. The van der Waals surface area contributed by atoms with Crippen molar-refractivity contribution >= 4 is 11.6 Å². The Bertz CT molecular complexity index is 712. The van der Waals surface area contributed by atoms with Gasteiger partial charge in [-0.1, -0.05) is 49.0 Å². The van der Waals surface area contributed by atoms with Crippen LogP contribution >= 0.6 is 0 Å². The van der Waals surface area contributed by atoms with Crippen LogP contribution in [-0.4, -0.2) is 16.0 Å². The van der Waals surface area contributed by atoms with Gasteiger partial charge in [0.15, 0.2) is 0 Å². The molecule has 3 rings (SSSR count). The van der Waals surface area contributed by atoms with E-state index >= 15 is 0 Å². The van der Waals surface area contributed by atoms with E-state index in [0.29, 0.717) is 11.3 Å². The first-order valence-electron chi connectivity index (χ1n) is 7.20. The molecule has 2 unspecified atom stereocenters. The Morgan fingerprint density at radius 3 is 2.45 bits per heavy atom. The van der Waals surface area contributed by atoms with Gasteiger partial charge in [-0.25, -0.2) is 10.9 Å². The molecular weight excluding hydrogens is 276 g/mol. The second kappa shape index (κ2) is 5.66. The smallest absolute Gasteiger partial charge is 0.244 e. The van der Waals surface area contributed by atoms with Crippen LogP contribution in [0.15, 0.2) is 61.2 Å². The number of nitrogens with two attached hydrogens (primary N) is 1. The minimum absolute atomic E-state index is 0.0613. The van der Waals surface area contributed by atoms with Crippen molar-refractivity contribution in [3.63, 3.8) is 0 Å². The van der Waals surface area contributed by atoms with Gasteiger partial charge in [0.2, 0.25) is 5.91 Å². The van der Waals surface area contributed by atoms with E-state index in [4.69, 9.17) is 5.84 Å². The molecule has 0 spiro atoms. The van der Waals surface area contributed by atoms with E-state index < -0.39 is 0 Å². The highest BCUT2D eigenvalue weighted by Crippen LogP contribution is 2.48. The zero-order chi connectivity index (χ0) is 15.7. The van der Waals surface area contributed by atoms with Crippen LogP contribution in [0, 0.1) is 5.92 Å². The van der Waals surface area contributed by atoms with Gasteiger partial charge in [-0.2, -0.15) is 0 Å². The molecule has 1 saturated carbocycles. The first kappa shape index (κ1) is 14.4. The molecule has 0 radical (unpaired) electrons. The lowest BCUT2D eigenvalue weighted by molar-refractivity contribution is -0.129. The van der Waals surface area contributed by atoms with Gasteiger partial charge in [0.05, 0.1) is 5.70 Å². The number of hydrazine groups is 1. The van der Waals surface area contributed by atoms with Crippen molar-refractivity contribution < 1.29 is 9.90 Å². The molecule has 1 fully saturated rings. The lowest BCUT2D eigenvalue weighted by Crippen LogP contribution is -2.36. The summed E-state index contributed by atoms with van der Waals surface area (Å²) in [7, 11) is 0. The maximum Gasteiger partial charge on any atom is 0.244 e. The Hall–Kier alpha value is -2.59. The normalized spacial score (nSPS) is 19.5. The molecule has 0 saturated heterocycles. The number of phenolic OH excluding ortho intramolecular Hbond substituents is 1. The van der Waals surface area contributed by atoms with Crippen LogP contribution in [0.1, 0.15) is 23.5 Å². The lowest BCUT2D eigenvalue weighted by Gasteiger charge is -2.20. The quantitative estimate of drug-likeness (QED) is 0.517. The summed E-state index contributed by atoms with van der Waals surface area (Å²) in [6, 6.07) is 16.6. The number of hydrogen-bond donors (Lipinski definition) is 2. The van der Waals surface area contributed by atoms with Gasteiger partial charge in [0.25, 0.3) is 0 Å². The molecule has 1 aliphatic carbocycles. The minimum Gasteiger partial charge on any atom is -0.507 e. The van der Waals surface area contributed by atoms with Crippen molar-refractivity contribution in [1.82, 2.24) is 5.01 Å². The van der Waals surface area contributed by atoms with Gasteiger partial charge >= 0.3 is 0 Å². The predicted octanol–water partition coefficient (Wildman–Crippen LogP) is 2.87. The summed E-state index contributed by atoms with van der Waals surface area (Å²) < 4.78 is 0. The van der Waals surface area contributed by atoms with Gasteiger partial charge in [0, 0.05) is 11.5 Å². The van der Waals surface area contributed by atoms with Gasteiger partial charge in [-0.3, -0.25) is 4.79 Å². The predicted molar refractivity (Wildman–Crippen MR) is 85.5 cm³/mol. The van der Waals surface area contributed by atoms with E-state index in [1.54, 1.807) is 24.3 Å². The largest absolute Gasteiger partial charge is 0.507 e. The summed E-state index contributed by atoms with van der Waals surface area (Å²) in [4.78, 5) is 12.5. The maximum atomic E-state index is 12.5. The molecule has 0 aromatic heterocycles. The van der Waals surface area contributed by atoms with Gasteiger partial charge in [0.1, 0.15) is 5.75 Å². The second-order valence-electron chi connectivity index (χ2n) is 5.53. The summed E-state index contributed by atoms with van der Waals surface area (Å²) in [5.74, 6) is 5.92. The molecule has 2 aromatic rings. The van der Waals surface area contributed by atoms with Crippen LogP contribution in [0.25, 0.3) is 5.70 Å². The Labute approximate surface area is 129 Å². The highest BCUT2D eigenvalue weighted by Gasteiger charge is 2.45. The number of carbonyl (C=O) groups is 1. The molecule has 0 aliphatic heterocycles. The van der Waals surface area contributed by atoms with Crippen LogP contribution in [0.3, 0.4) is 0 Å². The fourth-order valence-corrected chi connectivity index (χ4v) is 2.70. The maximum absolute atomic E-state index is 12.5. The highest BCUT2D eigenvalue weighted by atomic mass is 16.3. The van der Waals surface area contributed by atoms with E-state index in [0.717, 1.165) is 17.0 Å². The number of carbonyl (C=O) groups excluding carboxylic acids is 1. The number of phenols is 1. The Balaban J connectivity index is 1.71. The zero-order valence-corrected chi connectivity index (χ0v) is 12.1. The molecule has 0 heterocycles. The summed E-state index contributed by atoms with van der Waals surface area (Å²) in [6.45, 7) is 3.83. The van der Waals surface area contributed by atoms with Crippen molar-refractivity contribution in [2.45, 2.75) is 12.3 Å². The summed E-state index contributed by atoms with van der Waals surface area (Å²) in [6.07, 6.45) is 0.796. The van der Waals surface area contributed by atoms with E-state index in [2.05, 4.69) is 6.58 Å². The molecule has 22 heavy (non-hydrogen) atoms. The van der Waals surface area contributed by atoms with E-state index in [1.165, 1.54) is 0 Å². The molecule has 1 amide bonds. The highest BCUT2D eigenvalue weighted by molar-refractivity contribution is 5.90. The lowest BCUT2D eigenvalue weighted by atomic mass is 10.1. The van der Waals surface area contributed by atoms with Crippen molar-refractivity contribution in [2.24, 2.45) is 11.8 Å². The average Bonchev–Trinajstić information content (AvgIpc) is 3.35. The van der Waals surface area contributed by atoms with Crippen LogP contribution in [0.4, 0.5) is 0 Å². The molecule has 3 N–H and O–H groups in total. The molecule has 1 aliphatic rings. The third-order valence-electron chi connectivity index (χ3n) is 4.08. The number of hydrogen-bond acceptors (Lipinski definition) is 3. The molecule has 2 atom stereocenters. The van der Waals surface area contributed by atoms with Crippen molar-refractivity contribution in [1.29, 1.82) is 0 Å². The number of nitrogens with zero attached hydrogens (tertiary/aromatic N) is 1. The van der Waals surface area contributed by atoms with Crippen molar-refractivity contribution in [2.75, 3.05) is 0 Å². The van der Waals surface area contributed by atoms with Gasteiger partial charge in [-0.15, -0.1) is 0 Å². The number of rotatable bonds is 4. The Kier molecular flexibility index (Phi) is 3.69. The van der Waals surface area contributed by atoms with Gasteiger partial charge in [-0.05, 0) is 30.0 Å². The van der Waals surface area contributed by atoms with Crippen molar-refractivity contribution in [3.8, 4) is 5.75 Å². The molecule has 0 bridgehead atoms. The Morgan fingerprint density at radius 1 is 1.14 bits per heavy atom. The number of amides is 1.